The van der Waals surface area contributed by atoms with Crippen molar-refractivity contribution in [2.45, 2.75) is 57.2 Å². The minimum Gasteiger partial charge on any atom is -0.348 e. The van der Waals surface area contributed by atoms with Crippen LogP contribution < -0.4 is 5.32 Å². The lowest BCUT2D eigenvalue weighted by atomic mass is 10.0. The van der Waals surface area contributed by atoms with Crippen molar-refractivity contribution in [3.8, 4) is 0 Å². The van der Waals surface area contributed by atoms with Gasteiger partial charge in [0.15, 0.2) is 0 Å². The SMILES string of the molecule is CCc1ccc(CC)c(CNC(=O)c2ccccc2SC(C)C)c1. The lowest BCUT2D eigenvalue weighted by Gasteiger charge is -2.14. The molecule has 24 heavy (non-hydrogen) atoms. The second-order valence-electron chi connectivity index (χ2n) is 6.16. The topological polar surface area (TPSA) is 29.1 Å². The molecule has 0 aliphatic heterocycles. The van der Waals surface area contributed by atoms with Gasteiger partial charge in [0.1, 0.15) is 0 Å². The van der Waals surface area contributed by atoms with Crippen molar-refractivity contribution in [2.24, 2.45) is 0 Å². The minimum atomic E-state index is 0.00250. The molecule has 0 aliphatic carbocycles. The molecule has 3 heteroatoms. The van der Waals surface area contributed by atoms with Gasteiger partial charge in [0.25, 0.3) is 5.91 Å². The largest absolute Gasteiger partial charge is 0.348 e. The van der Waals surface area contributed by atoms with Crippen LogP contribution >= 0.6 is 11.8 Å². The molecule has 0 spiro atoms. The highest BCUT2D eigenvalue weighted by atomic mass is 32.2. The summed E-state index contributed by atoms with van der Waals surface area (Å²) >= 11 is 1.73. The number of thioether (sulfide) groups is 1. The molecule has 0 aromatic heterocycles. The molecule has 2 aromatic rings. The van der Waals surface area contributed by atoms with E-state index < -0.39 is 0 Å². The maximum Gasteiger partial charge on any atom is 0.252 e. The second-order valence-corrected chi connectivity index (χ2v) is 7.77. The fourth-order valence-corrected chi connectivity index (χ4v) is 3.64. The molecule has 0 heterocycles. The van der Waals surface area contributed by atoms with Gasteiger partial charge in [0.05, 0.1) is 5.56 Å². The van der Waals surface area contributed by atoms with E-state index in [1.165, 1.54) is 16.7 Å². The van der Waals surface area contributed by atoms with Crippen LogP contribution in [0.5, 0.6) is 0 Å². The van der Waals surface area contributed by atoms with Gasteiger partial charge in [-0.05, 0) is 41.7 Å². The van der Waals surface area contributed by atoms with Crippen molar-refractivity contribution in [3.05, 3.63) is 64.7 Å². The third-order valence-corrected chi connectivity index (χ3v) is 5.07. The summed E-state index contributed by atoms with van der Waals surface area (Å²) in [4.78, 5) is 13.7. The van der Waals surface area contributed by atoms with Crippen molar-refractivity contribution in [1.29, 1.82) is 0 Å². The first-order chi connectivity index (χ1) is 11.5. The molecule has 0 bridgehead atoms. The first-order valence-corrected chi connectivity index (χ1v) is 9.57. The van der Waals surface area contributed by atoms with Crippen molar-refractivity contribution >= 4 is 17.7 Å². The summed E-state index contributed by atoms with van der Waals surface area (Å²) < 4.78 is 0. The fraction of sp³-hybridized carbons (Fsp3) is 0.381. The molecule has 128 valence electrons. The molecule has 2 nitrogen and oxygen atoms in total. The zero-order valence-electron chi connectivity index (χ0n) is 15.1. The third kappa shape index (κ3) is 4.88. The molecule has 1 amide bonds. The quantitative estimate of drug-likeness (QED) is 0.698. The van der Waals surface area contributed by atoms with E-state index in [4.69, 9.17) is 0 Å². The van der Waals surface area contributed by atoms with Crippen molar-refractivity contribution in [1.82, 2.24) is 5.32 Å². The number of rotatable bonds is 7. The van der Waals surface area contributed by atoms with Gasteiger partial charge < -0.3 is 5.32 Å². The summed E-state index contributed by atoms with van der Waals surface area (Å²) in [5.74, 6) is 0.00250. The Hall–Kier alpha value is -1.74. The van der Waals surface area contributed by atoms with E-state index in [1.54, 1.807) is 11.8 Å². The van der Waals surface area contributed by atoms with E-state index in [0.717, 1.165) is 23.3 Å². The summed E-state index contributed by atoms with van der Waals surface area (Å²) in [5.41, 5.74) is 4.60. The van der Waals surface area contributed by atoms with Gasteiger partial charge in [-0.1, -0.05) is 58.0 Å². The van der Waals surface area contributed by atoms with Crippen LogP contribution in [0.1, 0.15) is 54.7 Å². The average Bonchev–Trinajstić information content (AvgIpc) is 2.59. The Kier molecular flexibility index (Phi) is 6.92. The predicted octanol–water partition coefficient (Wildman–Crippen LogP) is 5.24. The normalized spacial score (nSPS) is 10.9. The lowest BCUT2D eigenvalue weighted by Crippen LogP contribution is -2.24. The Morgan fingerprint density at radius 1 is 1.04 bits per heavy atom. The smallest absolute Gasteiger partial charge is 0.252 e. The van der Waals surface area contributed by atoms with Gasteiger partial charge >= 0.3 is 0 Å². The molecule has 0 atom stereocenters. The number of carbonyl (C=O) groups is 1. The van der Waals surface area contributed by atoms with Crippen LogP contribution in [0.3, 0.4) is 0 Å². The highest BCUT2D eigenvalue weighted by Gasteiger charge is 2.13. The van der Waals surface area contributed by atoms with Crippen LogP contribution in [0.25, 0.3) is 0 Å². The van der Waals surface area contributed by atoms with Gasteiger partial charge in [-0.25, -0.2) is 0 Å². The molecule has 0 saturated carbocycles. The highest BCUT2D eigenvalue weighted by Crippen LogP contribution is 2.26. The molecule has 1 N–H and O–H groups in total. The minimum absolute atomic E-state index is 0.00250. The van der Waals surface area contributed by atoms with Crippen molar-refractivity contribution in [2.75, 3.05) is 0 Å². The van der Waals surface area contributed by atoms with Gasteiger partial charge in [0.2, 0.25) is 0 Å². The van der Waals surface area contributed by atoms with Crippen LogP contribution in [0.4, 0.5) is 0 Å². The van der Waals surface area contributed by atoms with Crippen molar-refractivity contribution < 1.29 is 4.79 Å². The number of benzene rings is 2. The van der Waals surface area contributed by atoms with E-state index in [1.807, 2.05) is 24.3 Å². The molecule has 0 aliphatic rings. The first kappa shape index (κ1) is 18.6. The monoisotopic (exact) mass is 341 g/mol. The highest BCUT2D eigenvalue weighted by molar-refractivity contribution is 8.00. The first-order valence-electron chi connectivity index (χ1n) is 8.69. The number of nitrogens with one attached hydrogen (secondary N) is 1. The van der Waals surface area contributed by atoms with E-state index in [0.29, 0.717) is 11.8 Å². The van der Waals surface area contributed by atoms with E-state index >= 15 is 0 Å². The van der Waals surface area contributed by atoms with Crippen LogP contribution in [-0.4, -0.2) is 11.2 Å². The molecule has 2 rings (SSSR count). The maximum absolute atomic E-state index is 12.6. The zero-order chi connectivity index (χ0) is 17.5. The van der Waals surface area contributed by atoms with Gasteiger partial charge in [-0.2, -0.15) is 0 Å². The Morgan fingerprint density at radius 3 is 2.46 bits per heavy atom. The zero-order valence-corrected chi connectivity index (χ0v) is 15.9. The molecular formula is C21H27NOS. The predicted molar refractivity (Wildman–Crippen MR) is 104 cm³/mol. The molecule has 0 fully saturated rings. The average molecular weight is 342 g/mol. The second kappa shape index (κ2) is 8.93. The number of hydrogen-bond acceptors (Lipinski definition) is 2. The Labute approximate surface area is 150 Å². The molecule has 2 aromatic carbocycles. The Bertz CT molecular complexity index is 694. The summed E-state index contributed by atoms with van der Waals surface area (Å²) in [5, 5.41) is 3.55. The van der Waals surface area contributed by atoms with Crippen LogP contribution in [-0.2, 0) is 19.4 Å². The molecule has 0 saturated heterocycles. The Morgan fingerprint density at radius 2 is 1.79 bits per heavy atom. The Balaban J connectivity index is 2.14. The van der Waals surface area contributed by atoms with Crippen LogP contribution in [0, 0.1) is 0 Å². The molecular weight excluding hydrogens is 314 g/mol. The van der Waals surface area contributed by atoms with E-state index in [-0.39, 0.29) is 5.91 Å². The van der Waals surface area contributed by atoms with Crippen LogP contribution in [0.2, 0.25) is 0 Å². The number of hydrogen-bond donors (Lipinski definition) is 1. The van der Waals surface area contributed by atoms with Crippen molar-refractivity contribution in [3.63, 3.8) is 0 Å². The lowest BCUT2D eigenvalue weighted by molar-refractivity contribution is 0.0948. The van der Waals surface area contributed by atoms with E-state index in [2.05, 4.69) is 51.2 Å². The standard InChI is InChI=1S/C21H27NOS/c1-5-16-11-12-17(6-2)18(13-16)14-22-21(23)19-9-7-8-10-20(19)24-15(3)4/h7-13,15H,5-6,14H2,1-4H3,(H,22,23). The number of amides is 1. The maximum atomic E-state index is 12.6. The van der Waals surface area contributed by atoms with Gasteiger partial charge in [-0.15, -0.1) is 11.8 Å². The number of aryl methyl sites for hydroxylation is 2. The summed E-state index contributed by atoms with van der Waals surface area (Å²) in [7, 11) is 0. The third-order valence-electron chi connectivity index (χ3n) is 3.99. The van der Waals surface area contributed by atoms with Crippen LogP contribution in [0.15, 0.2) is 47.4 Å². The molecule has 0 unspecified atom stereocenters. The number of carbonyl (C=O) groups excluding carboxylic acids is 1. The fourth-order valence-electron chi connectivity index (χ4n) is 2.69. The van der Waals surface area contributed by atoms with Gasteiger partial charge in [0, 0.05) is 16.7 Å². The molecule has 0 radical (unpaired) electrons. The van der Waals surface area contributed by atoms with Gasteiger partial charge in [-0.3, -0.25) is 4.79 Å². The summed E-state index contributed by atoms with van der Waals surface area (Å²) in [6.45, 7) is 9.17. The summed E-state index contributed by atoms with van der Waals surface area (Å²) in [6, 6.07) is 14.4. The summed E-state index contributed by atoms with van der Waals surface area (Å²) in [6.07, 6.45) is 1.99. The van der Waals surface area contributed by atoms with E-state index in [9.17, 15) is 4.79 Å².